The Kier molecular flexibility index (Phi) is 3.94. The highest BCUT2D eigenvalue weighted by Gasteiger charge is 2.15. The Bertz CT molecular complexity index is 564. The molecule has 0 fully saturated rings. The lowest BCUT2D eigenvalue weighted by atomic mass is 10.2. The summed E-state index contributed by atoms with van der Waals surface area (Å²) in [4.78, 5) is 0. The van der Waals surface area contributed by atoms with Crippen LogP contribution in [0.1, 0.15) is 5.56 Å². The molecule has 6 heteroatoms. The quantitative estimate of drug-likeness (QED) is 0.744. The molecule has 0 aliphatic heterocycles. The van der Waals surface area contributed by atoms with Crippen LogP contribution in [0.3, 0.4) is 0 Å². The first kappa shape index (κ1) is 13.3. The lowest BCUT2D eigenvalue weighted by Gasteiger charge is -2.22. The van der Waals surface area contributed by atoms with Gasteiger partial charge in [0.15, 0.2) is 17.4 Å². The molecule has 0 saturated heterocycles. The summed E-state index contributed by atoms with van der Waals surface area (Å²) in [7, 11) is 0. The van der Waals surface area contributed by atoms with Crippen molar-refractivity contribution < 1.29 is 19.1 Å². The van der Waals surface area contributed by atoms with Gasteiger partial charge in [-0.15, -0.1) is 5.59 Å². The Labute approximate surface area is 108 Å². The summed E-state index contributed by atoms with van der Waals surface area (Å²) in [6.07, 6.45) is 0. The van der Waals surface area contributed by atoms with E-state index in [1.807, 2.05) is 6.07 Å². The monoisotopic (exact) mass is 266 g/mol. The fourth-order valence-corrected chi connectivity index (χ4v) is 1.67. The molecule has 100 valence electrons. The number of benzene rings is 2. The van der Waals surface area contributed by atoms with E-state index < -0.39 is 17.4 Å². The van der Waals surface area contributed by atoms with E-state index in [1.165, 1.54) is 0 Å². The van der Waals surface area contributed by atoms with E-state index in [0.717, 1.165) is 16.6 Å². The number of nitrogens with zero attached hydrogens (tertiary/aromatic N) is 1. The molecule has 4 nitrogen and oxygen atoms in total. The van der Waals surface area contributed by atoms with Crippen LogP contribution in [0.25, 0.3) is 0 Å². The van der Waals surface area contributed by atoms with E-state index in [9.17, 15) is 8.78 Å². The predicted octanol–water partition coefficient (Wildman–Crippen LogP) is 2.57. The van der Waals surface area contributed by atoms with Gasteiger partial charge < -0.3 is 5.11 Å². The number of hydrazine groups is 1. The molecule has 0 aliphatic rings. The number of anilines is 1. The summed E-state index contributed by atoms with van der Waals surface area (Å²) in [6.45, 7) is 0.123. The van der Waals surface area contributed by atoms with Crippen LogP contribution in [-0.2, 0) is 6.54 Å². The van der Waals surface area contributed by atoms with Crippen molar-refractivity contribution in [2.24, 2.45) is 0 Å². The predicted molar refractivity (Wildman–Crippen MR) is 65.6 cm³/mol. The van der Waals surface area contributed by atoms with Gasteiger partial charge in [0, 0.05) is 12.1 Å². The maximum absolute atomic E-state index is 13.7. The van der Waals surface area contributed by atoms with Gasteiger partial charge in [-0.25, -0.2) is 8.78 Å². The normalized spacial score (nSPS) is 10.5. The molecule has 0 saturated carbocycles. The van der Waals surface area contributed by atoms with E-state index in [1.54, 1.807) is 29.9 Å². The Morgan fingerprint density at radius 1 is 1.05 bits per heavy atom. The number of aromatic hydroxyl groups is 1. The summed E-state index contributed by atoms with van der Waals surface area (Å²) in [5.41, 5.74) is 2.38. The second-order valence-electron chi connectivity index (χ2n) is 3.93. The number of halogens is 2. The number of rotatable bonds is 4. The third kappa shape index (κ3) is 2.98. The SMILES string of the molecule is ONN(Cc1ccccc1)c1cc(F)c(O)cc1F. The Hall–Kier alpha value is -2.18. The van der Waals surface area contributed by atoms with Crippen LogP contribution in [0, 0.1) is 11.6 Å². The van der Waals surface area contributed by atoms with Crippen molar-refractivity contribution in [1.82, 2.24) is 5.59 Å². The second-order valence-corrected chi connectivity index (χ2v) is 3.93. The van der Waals surface area contributed by atoms with Crippen LogP contribution in [-0.4, -0.2) is 10.3 Å². The minimum absolute atomic E-state index is 0.123. The number of nitrogens with one attached hydrogen (secondary N) is 1. The highest BCUT2D eigenvalue weighted by Crippen LogP contribution is 2.26. The minimum Gasteiger partial charge on any atom is -0.505 e. The molecule has 0 unspecified atom stereocenters. The van der Waals surface area contributed by atoms with Crippen LogP contribution in [0.5, 0.6) is 5.75 Å². The zero-order valence-corrected chi connectivity index (χ0v) is 9.85. The molecule has 2 aromatic carbocycles. The molecule has 0 atom stereocenters. The second kappa shape index (κ2) is 5.64. The first-order valence-corrected chi connectivity index (χ1v) is 5.51. The first-order chi connectivity index (χ1) is 9.11. The molecule has 0 heterocycles. The fourth-order valence-electron chi connectivity index (χ4n) is 1.67. The van der Waals surface area contributed by atoms with E-state index in [2.05, 4.69) is 0 Å². The third-order valence-electron chi connectivity index (χ3n) is 2.61. The average molecular weight is 266 g/mol. The number of hydrogen-bond donors (Lipinski definition) is 3. The topological polar surface area (TPSA) is 55.7 Å². The summed E-state index contributed by atoms with van der Waals surface area (Å²) in [5.74, 6) is -2.60. The lowest BCUT2D eigenvalue weighted by molar-refractivity contribution is 0.151. The summed E-state index contributed by atoms with van der Waals surface area (Å²) >= 11 is 0. The number of phenolic OH excluding ortho intramolecular Hbond substituents is 1. The van der Waals surface area contributed by atoms with Crippen LogP contribution < -0.4 is 10.6 Å². The zero-order chi connectivity index (χ0) is 13.8. The Morgan fingerprint density at radius 2 is 1.74 bits per heavy atom. The summed E-state index contributed by atoms with van der Waals surface area (Å²) < 4.78 is 26.9. The fraction of sp³-hybridized carbons (Fsp3) is 0.0769. The summed E-state index contributed by atoms with van der Waals surface area (Å²) in [5, 5.41) is 19.1. The molecule has 0 aliphatic carbocycles. The van der Waals surface area contributed by atoms with Crippen LogP contribution in [0.4, 0.5) is 14.5 Å². The van der Waals surface area contributed by atoms with Gasteiger partial charge in [0.05, 0.1) is 12.2 Å². The van der Waals surface area contributed by atoms with Gasteiger partial charge in [-0.2, -0.15) is 0 Å². The van der Waals surface area contributed by atoms with Gasteiger partial charge in [0.25, 0.3) is 0 Å². The van der Waals surface area contributed by atoms with Gasteiger partial charge in [-0.05, 0) is 5.56 Å². The molecule has 0 radical (unpaired) electrons. The third-order valence-corrected chi connectivity index (χ3v) is 2.61. The Morgan fingerprint density at radius 3 is 2.37 bits per heavy atom. The Balaban J connectivity index is 2.30. The molecule has 2 aromatic rings. The maximum Gasteiger partial charge on any atom is 0.167 e. The van der Waals surface area contributed by atoms with Gasteiger partial charge in [-0.3, -0.25) is 10.2 Å². The zero-order valence-electron chi connectivity index (χ0n) is 9.85. The van der Waals surface area contributed by atoms with Crippen LogP contribution in [0.2, 0.25) is 0 Å². The van der Waals surface area contributed by atoms with Crippen molar-refractivity contribution in [2.75, 3.05) is 5.01 Å². The average Bonchev–Trinajstić information content (AvgIpc) is 2.42. The molecular formula is C13H12F2N2O2. The van der Waals surface area contributed by atoms with Crippen LogP contribution >= 0.6 is 0 Å². The highest BCUT2D eigenvalue weighted by atomic mass is 19.1. The molecule has 0 amide bonds. The molecule has 0 bridgehead atoms. The van der Waals surface area contributed by atoms with E-state index >= 15 is 0 Å². The van der Waals surface area contributed by atoms with Crippen molar-refractivity contribution >= 4 is 5.69 Å². The van der Waals surface area contributed by atoms with E-state index in [4.69, 9.17) is 10.3 Å². The van der Waals surface area contributed by atoms with Crippen molar-refractivity contribution in [1.29, 1.82) is 0 Å². The largest absolute Gasteiger partial charge is 0.505 e. The maximum atomic E-state index is 13.7. The number of hydrogen-bond acceptors (Lipinski definition) is 4. The molecule has 0 aromatic heterocycles. The lowest BCUT2D eigenvalue weighted by Crippen LogP contribution is -2.35. The van der Waals surface area contributed by atoms with Gasteiger partial charge in [0.2, 0.25) is 0 Å². The molecule has 2 rings (SSSR count). The first-order valence-electron chi connectivity index (χ1n) is 5.51. The van der Waals surface area contributed by atoms with Gasteiger partial charge >= 0.3 is 0 Å². The van der Waals surface area contributed by atoms with Crippen LogP contribution in [0.15, 0.2) is 42.5 Å². The number of phenols is 1. The summed E-state index contributed by atoms with van der Waals surface area (Å²) in [6, 6.07) is 10.4. The van der Waals surface area contributed by atoms with Crippen molar-refractivity contribution in [3.63, 3.8) is 0 Å². The van der Waals surface area contributed by atoms with Crippen molar-refractivity contribution in [3.05, 3.63) is 59.7 Å². The minimum atomic E-state index is -0.968. The molecule has 0 spiro atoms. The molecule has 19 heavy (non-hydrogen) atoms. The molecule has 3 N–H and O–H groups in total. The highest BCUT2D eigenvalue weighted by molar-refractivity contribution is 5.50. The van der Waals surface area contributed by atoms with Gasteiger partial charge in [-0.1, -0.05) is 30.3 Å². The van der Waals surface area contributed by atoms with E-state index in [-0.39, 0.29) is 12.2 Å². The van der Waals surface area contributed by atoms with Crippen molar-refractivity contribution in [2.45, 2.75) is 6.54 Å². The standard InChI is InChI=1S/C13H12F2N2O2/c14-10-7-13(18)11(15)6-12(10)17(16-19)8-9-4-2-1-3-5-9/h1-7,16,18-19H,8H2. The van der Waals surface area contributed by atoms with Crippen molar-refractivity contribution in [3.8, 4) is 5.75 Å². The molecular weight excluding hydrogens is 254 g/mol. The van der Waals surface area contributed by atoms with Gasteiger partial charge in [0.1, 0.15) is 0 Å². The smallest absolute Gasteiger partial charge is 0.167 e. The van der Waals surface area contributed by atoms with E-state index in [0.29, 0.717) is 6.07 Å².